The number of guanidine groups is 1. The average molecular weight is 435 g/mol. The van der Waals surface area contributed by atoms with E-state index in [1.165, 1.54) is 11.1 Å². The van der Waals surface area contributed by atoms with Gasteiger partial charge in [0.2, 0.25) is 0 Å². The first-order valence-electron chi connectivity index (χ1n) is 7.98. The van der Waals surface area contributed by atoms with Crippen molar-refractivity contribution in [1.82, 2.24) is 10.6 Å². The third-order valence-electron chi connectivity index (χ3n) is 3.14. The molecule has 0 amide bonds. The van der Waals surface area contributed by atoms with Gasteiger partial charge in [0.05, 0.1) is 13.2 Å². The van der Waals surface area contributed by atoms with Crippen LogP contribution in [0.4, 0.5) is 0 Å². The second-order valence-electron chi connectivity index (χ2n) is 4.87. The number of nitrogens with one attached hydrogen (secondary N) is 2. The van der Waals surface area contributed by atoms with E-state index in [0.717, 1.165) is 38.7 Å². The van der Waals surface area contributed by atoms with Gasteiger partial charge in [-0.05, 0) is 24.5 Å². The van der Waals surface area contributed by atoms with Gasteiger partial charge in [-0.15, -0.1) is 24.0 Å². The molecule has 2 N–H and O–H groups in total. The van der Waals surface area contributed by atoms with Gasteiger partial charge < -0.3 is 20.1 Å². The van der Waals surface area contributed by atoms with Crippen molar-refractivity contribution in [3.63, 3.8) is 0 Å². The van der Waals surface area contributed by atoms with Crippen LogP contribution in [0.3, 0.4) is 0 Å². The number of hydrogen-bond donors (Lipinski definition) is 2. The molecule has 5 nitrogen and oxygen atoms in total. The van der Waals surface area contributed by atoms with Crippen molar-refractivity contribution in [1.29, 1.82) is 0 Å². The minimum Gasteiger partial charge on any atom is -0.380 e. The summed E-state index contributed by atoms with van der Waals surface area (Å²) in [6, 6.07) is 8.32. The fourth-order valence-electron chi connectivity index (χ4n) is 1.98. The number of aliphatic imine (C=N–C) groups is 1. The summed E-state index contributed by atoms with van der Waals surface area (Å²) >= 11 is 0. The highest BCUT2D eigenvalue weighted by Gasteiger charge is 2.03. The quantitative estimate of drug-likeness (QED) is 0.257. The first-order valence-corrected chi connectivity index (χ1v) is 7.98. The van der Waals surface area contributed by atoms with Gasteiger partial charge in [-0.25, -0.2) is 0 Å². The van der Waals surface area contributed by atoms with E-state index in [1.54, 1.807) is 7.05 Å². The minimum atomic E-state index is 0. The Morgan fingerprint density at radius 3 is 2.43 bits per heavy atom. The van der Waals surface area contributed by atoms with Crippen molar-refractivity contribution in [2.45, 2.75) is 33.4 Å². The lowest BCUT2D eigenvalue weighted by Gasteiger charge is -2.14. The maximum absolute atomic E-state index is 5.64. The molecule has 0 bridgehead atoms. The van der Waals surface area contributed by atoms with Gasteiger partial charge in [-0.2, -0.15) is 0 Å². The summed E-state index contributed by atoms with van der Waals surface area (Å²) in [6.45, 7) is 8.44. The third-order valence-corrected chi connectivity index (χ3v) is 3.14. The summed E-state index contributed by atoms with van der Waals surface area (Å²) in [5, 5.41) is 6.55. The van der Waals surface area contributed by atoms with Gasteiger partial charge in [0, 0.05) is 33.4 Å². The molecule has 0 radical (unpaired) electrons. The molecule has 1 aromatic carbocycles. The molecule has 0 aliphatic rings. The summed E-state index contributed by atoms with van der Waals surface area (Å²) in [7, 11) is 1.77. The molecule has 0 heterocycles. The van der Waals surface area contributed by atoms with Gasteiger partial charge in [0.25, 0.3) is 0 Å². The Labute approximate surface area is 157 Å². The van der Waals surface area contributed by atoms with Crippen LogP contribution >= 0.6 is 24.0 Å². The number of ether oxygens (including phenoxy) is 2. The van der Waals surface area contributed by atoms with Crippen LogP contribution in [0.5, 0.6) is 0 Å². The van der Waals surface area contributed by atoms with Gasteiger partial charge in [-0.1, -0.05) is 31.2 Å². The summed E-state index contributed by atoms with van der Waals surface area (Å²) in [5.74, 6) is 0.781. The van der Waals surface area contributed by atoms with Crippen molar-refractivity contribution < 1.29 is 9.47 Å². The lowest BCUT2D eigenvalue weighted by molar-refractivity contribution is 0.121. The lowest BCUT2D eigenvalue weighted by atomic mass is 10.1. The Morgan fingerprint density at radius 1 is 1.04 bits per heavy atom. The molecular formula is C17H30IN3O2. The summed E-state index contributed by atoms with van der Waals surface area (Å²) in [5.41, 5.74) is 2.44. The zero-order chi connectivity index (χ0) is 16.0. The van der Waals surface area contributed by atoms with Crippen molar-refractivity contribution in [3.8, 4) is 0 Å². The van der Waals surface area contributed by atoms with Crippen LogP contribution in [-0.2, 0) is 22.6 Å². The van der Waals surface area contributed by atoms with Crippen molar-refractivity contribution in [2.24, 2.45) is 4.99 Å². The average Bonchev–Trinajstić information content (AvgIpc) is 2.55. The second-order valence-corrected chi connectivity index (χ2v) is 4.87. The number of nitrogens with zero attached hydrogens (tertiary/aromatic N) is 1. The predicted molar refractivity (Wildman–Crippen MR) is 106 cm³/mol. The van der Waals surface area contributed by atoms with E-state index in [4.69, 9.17) is 9.47 Å². The highest BCUT2D eigenvalue weighted by molar-refractivity contribution is 14.0. The second kappa shape index (κ2) is 14.7. The first kappa shape index (κ1) is 22.1. The molecule has 0 aromatic heterocycles. The molecule has 0 unspecified atom stereocenters. The Hall–Kier alpha value is -0.860. The zero-order valence-corrected chi connectivity index (χ0v) is 16.8. The molecule has 23 heavy (non-hydrogen) atoms. The minimum absolute atomic E-state index is 0. The fourth-order valence-corrected chi connectivity index (χ4v) is 1.98. The Morgan fingerprint density at radius 2 is 1.78 bits per heavy atom. The van der Waals surface area contributed by atoms with E-state index < -0.39 is 0 Å². The van der Waals surface area contributed by atoms with Crippen molar-refractivity contribution in [2.75, 3.05) is 33.4 Å². The highest BCUT2D eigenvalue weighted by Crippen LogP contribution is 2.10. The van der Waals surface area contributed by atoms with Gasteiger partial charge in [0.15, 0.2) is 5.96 Å². The molecular weight excluding hydrogens is 405 g/mol. The van der Waals surface area contributed by atoms with E-state index in [9.17, 15) is 0 Å². The van der Waals surface area contributed by atoms with E-state index >= 15 is 0 Å². The van der Waals surface area contributed by atoms with E-state index in [-0.39, 0.29) is 24.0 Å². The Kier molecular flexibility index (Phi) is 14.2. The van der Waals surface area contributed by atoms with E-state index in [0.29, 0.717) is 13.2 Å². The molecule has 0 aliphatic heterocycles. The normalized spacial score (nSPS) is 11.0. The van der Waals surface area contributed by atoms with Crippen LogP contribution in [0.2, 0.25) is 0 Å². The number of halogens is 1. The van der Waals surface area contributed by atoms with Gasteiger partial charge >= 0.3 is 0 Å². The first-order chi connectivity index (χ1) is 10.8. The zero-order valence-electron chi connectivity index (χ0n) is 14.4. The summed E-state index contributed by atoms with van der Waals surface area (Å²) in [4.78, 5) is 4.21. The van der Waals surface area contributed by atoms with Crippen LogP contribution in [0, 0.1) is 0 Å². The topological polar surface area (TPSA) is 54.9 Å². The Balaban J connectivity index is 0.00000484. The van der Waals surface area contributed by atoms with Crippen LogP contribution in [0.15, 0.2) is 29.3 Å². The largest absolute Gasteiger partial charge is 0.380 e. The van der Waals surface area contributed by atoms with E-state index in [1.807, 2.05) is 19.1 Å². The van der Waals surface area contributed by atoms with Gasteiger partial charge in [0.1, 0.15) is 0 Å². The van der Waals surface area contributed by atoms with Crippen LogP contribution in [-0.4, -0.2) is 39.4 Å². The molecule has 0 fully saturated rings. The smallest absolute Gasteiger partial charge is 0.191 e. The third kappa shape index (κ3) is 9.78. The summed E-state index contributed by atoms with van der Waals surface area (Å²) < 4.78 is 10.9. The SMILES string of the molecule is CCCOCc1ccccc1CNC(=NC)NCCOCC.I. The maximum atomic E-state index is 5.64. The molecule has 0 atom stereocenters. The number of benzene rings is 1. The predicted octanol–water partition coefficient (Wildman–Crippen LogP) is 2.93. The van der Waals surface area contributed by atoms with Crippen molar-refractivity contribution in [3.05, 3.63) is 35.4 Å². The number of hydrogen-bond acceptors (Lipinski definition) is 3. The molecule has 1 aromatic rings. The standard InChI is InChI=1S/C17H29N3O2.HI/c1-4-11-22-14-16-9-7-6-8-15(16)13-20-17(18-3)19-10-12-21-5-2;/h6-9H,4-5,10-14H2,1-3H3,(H2,18,19,20);1H. The molecule has 1 rings (SSSR count). The summed E-state index contributed by atoms with van der Waals surface area (Å²) in [6.07, 6.45) is 1.04. The van der Waals surface area contributed by atoms with Crippen LogP contribution < -0.4 is 10.6 Å². The molecule has 0 spiro atoms. The van der Waals surface area contributed by atoms with E-state index in [2.05, 4.69) is 34.7 Å². The molecule has 6 heteroatoms. The fraction of sp³-hybridized carbons (Fsp3) is 0.588. The molecule has 0 saturated heterocycles. The Bertz CT molecular complexity index is 442. The monoisotopic (exact) mass is 435 g/mol. The molecule has 0 aliphatic carbocycles. The van der Waals surface area contributed by atoms with Crippen LogP contribution in [0.25, 0.3) is 0 Å². The van der Waals surface area contributed by atoms with Gasteiger partial charge in [-0.3, -0.25) is 4.99 Å². The van der Waals surface area contributed by atoms with Crippen molar-refractivity contribution >= 4 is 29.9 Å². The molecule has 132 valence electrons. The lowest BCUT2D eigenvalue weighted by Crippen LogP contribution is -2.38. The molecule has 0 saturated carbocycles. The number of rotatable bonds is 10. The maximum Gasteiger partial charge on any atom is 0.191 e. The highest BCUT2D eigenvalue weighted by atomic mass is 127. The van der Waals surface area contributed by atoms with Crippen LogP contribution in [0.1, 0.15) is 31.4 Å².